The summed E-state index contributed by atoms with van der Waals surface area (Å²) in [5.74, 6) is 1.77. The number of thiocarbonyl (C=S) groups is 1. The Morgan fingerprint density at radius 2 is 1.85 bits per heavy atom. The van der Waals surface area contributed by atoms with Crippen molar-refractivity contribution in [1.82, 2.24) is 5.32 Å². The van der Waals surface area contributed by atoms with Gasteiger partial charge in [0.25, 0.3) is 0 Å². The molecule has 1 heterocycles. The number of anilines is 1. The first-order valence-electron chi connectivity index (χ1n) is 8.94. The summed E-state index contributed by atoms with van der Waals surface area (Å²) in [4.78, 5) is 0. The largest absolute Gasteiger partial charge is 0.491 e. The highest BCUT2D eigenvalue weighted by molar-refractivity contribution is 7.80. The van der Waals surface area contributed by atoms with Gasteiger partial charge in [-0.05, 0) is 70.2 Å². The molecule has 26 heavy (non-hydrogen) atoms. The lowest BCUT2D eigenvalue weighted by atomic mass is 9.90. The van der Waals surface area contributed by atoms with Crippen LogP contribution >= 0.6 is 12.2 Å². The van der Waals surface area contributed by atoms with Gasteiger partial charge in [0.05, 0.1) is 12.1 Å². The van der Waals surface area contributed by atoms with Crippen LogP contribution in [0.2, 0.25) is 0 Å². The molecule has 0 amide bonds. The van der Waals surface area contributed by atoms with E-state index in [1.165, 1.54) is 0 Å². The summed E-state index contributed by atoms with van der Waals surface area (Å²) >= 11 is 5.53. The minimum absolute atomic E-state index is 0.110. The fraction of sp³-hybridized carbons (Fsp3) is 0.381. The molecule has 0 fully saturated rings. The van der Waals surface area contributed by atoms with Gasteiger partial charge in [0.15, 0.2) is 5.11 Å². The van der Waals surface area contributed by atoms with Gasteiger partial charge in [-0.2, -0.15) is 0 Å². The average Bonchev–Trinajstić information content (AvgIpc) is 2.55. The smallest absolute Gasteiger partial charge is 0.171 e. The van der Waals surface area contributed by atoms with E-state index in [-0.39, 0.29) is 17.7 Å². The lowest BCUT2D eigenvalue weighted by Crippen LogP contribution is -2.42. The molecule has 0 saturated heterocycles. The second-order valence-electron chi connectivity index (χ2n) is 7.45. The highest BCUT2D eigenvalue weighted by Gasteiger charge is 2.33. The quantitative estimate of drug-likeness (QED) is 0.736. The van der Waals surface area contributed by atoms with Gasteiger partial charge in [-0.15, -0.1) is 0 Å². The number of fused-ring (bicyclic) bond motifs is 1. The summed E-state index contributed by atoms with van der Waals surface area (Å²) in [6.45, 7) is 8.22. The molecule has 1 aliphatic heterocycles. The van der Waals surface area contributed by atoms with E-state index in [1.807, 2.05) is 56.3 Å². The summed E-state index contributed by atoms with van der Waals surface area (Å²) in [6, 6.07) is 16.0. The monoisotopic (exact) mass is 370 g/mol. The van der Waals surface area contributed by atoms with Crippen molar-refractivity contribution in [2.45, 2.75) is 51.9 Å². The SMILES string of the molecule is CC(C)Oc1ccc(NC(=S)NC2CC(C)(C)Oc3ccccc32)cc1. The predicted octanol–water partition coefficient (Wildman–Crippen LogP) is 5.06. The first kappa shape index (κ1) is 18.5. The number of ether oxygens (including phenoxy) is 2. The van der Waals surface area contributed by atoms with E-state index in [0.29, 0.717) is 5.11 Å². The Morgan fingerprint density at radius 3 is 2.54 bits per heavy atom. The second kappa shape index (κ2) is 7.54. The zero-order valence-electron chi connectivity index (χ0n) is 15.7. The van der Waals surface area contributed by atoms with E-state index in [1.54, 1.807) is 0 Å². The molecule has 5 heteroatoms. The highest BCUT2D eigenvalue weighted by Crippen LogP contribution is 2.39. The maximum atomic E-state index is 6.08. The van der Waals surface area contributed by atoms with Crippen molar-refractivity contribution in [3.05, 3.63) is 54.1 Å². The van der Waals surface area contributed by atoms with Gasteiger partial charge in [0, 0.05) is 17.7 Å². The maximum Gasteiger partial charge on any atom is 0.171 e. The molecule has 1 atom stereocenters. The molecular weight excluding hydrogens is 344 g/mol. The van der Waals surface area contributed by atoms with Gasteiger partial charge in [0.1, 0.15) is 17.1 Å². The molecule has 2 aromatic rings. The number of para-hydroxylation sites is 1. The Hall–Kier alpha value is -2.27. The van der Waals surface area contributed by atoms with E-state index >= 15 is 0 Å². The highest BCUT2D eigenvalue weighted by atomic mass is 32.1. The zero-order chi connectivity index (χ0) is 18.7. The number of hydrogen-bond donors (Lipinski definition) is 2. The van der Waals surface area contributed by atoms with Crippen molar-refractivity contribution in [3.8, 4) is 11.5 Å². The summed E-state index contributed by atoms with van der Waals surface area (Å²) in [6.07, 6.45) is 1.00. The fourth-order valence-electron chi connectivity index (χ4n) is 3.15. The Labute approximate surface area is 160 Å². The van der Waals surface area contributed by atoms with Crippen LogP contribution in [0.4, 0.5) is 5.69 Å². The van der Waals surface area contributed by atoms with Crippen LogP contribution in [0.15, 0.2) is 48.5 Å². The van der Waals surface area contributed by atoms with Crippen molar-refractivity contribution in [2.24, 2.45) is 0 Å². The molecule has 1 aliphatic rings. The Balaban J connectivity index is 1.66. The molecule has 1 unspecified atom stereocenters. The number of hydrogen-bond acceptors (Lipinski definition) is 3. The predicted molar refractivity (Wildman–Crippen MR) is 110 cm³/mol. The summed E-state index contributed by atoms with van der Waals surface area (Å²) in [5, 5.41) is 7.28. The van der Waals surface area contributed by atoms with Gasteiger partial charge in [-0.1, -0.05) is 18.2 Å². The van der Waals surface area contributed by atoms with Crippen molar-refractivity contribution < 1.29 is 9.47 Å². The summed E-state index contributed by atoms with van der Waals surface area (Å²) in [5.41, 5.74) is 1.83. The Morgan fingerprint density at radius 1 is 1.15 bits per heavy atom. The third-order valence-electron chi connectivity index (χ3n) is 4.17. The van der Waals surface area contributed by atoms with Crippen LogP contribution in [-0.2, 0) is 0 Å². The summed E-state index contributed by atoms with van der Waals surface area (Å²) < 4.78 is 11.7. The maximum absolute atomic E-state index is 6.08. The molecule has 0 spiro atoms. The molecule has 0 aromatic heterocycles. The Bertz CT molecular complexity index is 772. The molecular formula is C21H26N2O2S. The van der Waals surface area contributed by atoms with Gasteiger partial charge in [0.2, 0.25) is 0 Å². The third-order valence-corrected chi connectivity index (χ3v) is 4.39. The fourth-order valence-corrected chi connectivity index (χ4v) is 3.41. The van der Waals surface area contributed by atoms with Gasteiger partial charge in [-0.25, -0.2) is 0 Å². The third kappa shape index (κ3) is 4.67. The van der Waals surface area contributed by atoms with Crippen LogP contribution in [-0.4, -0.2) is 16.8 Å². The topological polar surface area (TPSA) is 42.5 Å². The molecule has 138 valence electrons. The van der Waals surface area contributed by atoms with Gasteiger partial charge in [-0.3, -0.25) is 0 Å². The molecule has 0 bridgehead atoms. The molecule has 2 aromatic carbocycles. The van der Waals surface area contributed by atoms with Crippen LogP contribution in [0.3, 0.4) is 0 Å². The van der Waals surface area contributed by atoms with Gasteiger partial charge < -0.3 is 20.1 Å². The minimum Gasteiger partial charge on any atom is -0.491 e. The molecule has 2 N–H and O–H groups in total. The van der Waals surface area contributed by atoms with Crippen molar-refractivity contribution in [3.63, 3.8) is 0 Å². The van der Waals surface area contributed by atoms with Crippen LogP contribution in [0, 0.1) is 0 Å². The molecule has 0 saturated carbocycles. The number of rotatable bonds is 4. The van der Waals surface area contributed by atoms with Crippen LogP contribution < -0.4 is 20.1 Å². The molecule has 4 nitrogen and oxygen atoms in total. The van der Waals surface area contributed by atoms with Gasteiger partial charge >= 0.3 is 0 Å². The molecule has 0 aliphatic carbocycles. The van der Waals surface area contributed by atoms with E-state index in [2.05, 4.69) is 30.5 Å². The summed E-state index contributed by atoms with van der Waals surface area (Å²) in [7, 11) is 0. The number of benzene rings is 2. The first-order valence-corrected chi connectivity index (χ1v) is 9.35. The van der Waals surface area contributed by atoms with Crippen LogP contribution in [0.5, 0.6) is 11.5 Å². The first-order chi connectivity index (χ1) is 12.3. The van der Waals surface area contributed by atoms with Crippen molar-refractivity contribution in [1.29, 1.82) is 0 Å². The molecule has 0 radical (unpaired) electrons. The van der Waals surface area contributed by atoms with E-state index < -0.39 is 0 Å². The second-order valence-corrected chi connectivity index (χ2v) is 7.85. The van der Waals surface area contributed by atoms with E-state index in [4.69, 9.17) is 21.7 Å². The Kier molecular flexibility index (Phi) is 5.37. The minimum atomic E-state index is -0.239. The van der Waals surface area contributed by atoms with Crippen molar-refractivity contribution >= 4 is 23.0 Å². The molecule has 3 rings (SSSR count). The standard InChI is InChI=1S/C21H26N2O2S/c1-14(2)24-16-11-9-15(10-12-16)22-20(26)23-18-13-21(3,4)25-19-8-6-5-7-17(18)19/h5-12,14,18H,13H2,1-4H3,(H2,22,23,26). The average molecular weight is 371 g/mol. The lowest BCUT2D eigenvalue weighted by Gasteiger charge is -2.38. The van der Waals surface area contributed by atoms with Crippen LogP contribution in [0.25, 0.3) is 0 Å². The lowest BCUT2D eigenvalue weighted by molar-refractivity contribution is 0.0697. The van der Waals surface area contributed by atoms with Crippen molar-refractivity contribution in [2.75, 3.05) is 5.32 Å². The van der Waals surface area contributed by atoms with E-state index in [0.717, 1.165) is 29.2 Å². The van der Waals surface area contributed by atoms with Crippen LogP contribution in [0.1, 0.15) is 45.7 Å². The normalized spacial score (nSPS) is 17.8. The van der Waals surface area contributed by atoms with E-state index in [9.17, 15) is 0 Å². The number of nitrogens with one attached hydrogen (secondary N) is 2. The zero-order valence-corrected chi connectivity index (χ0v) is 16.5.